The van der Waals surface area contributed by atoms with Gasteiger partial charge in [-0.25, -0.2) is 8.78 Å². The predicted molar refractivity (Wildman–Crippen MR) is 90.5 cm³/mol. The highest BCUT2D eigenvalue weighted by Gasteiger charge is 2.26. The Morgan fingerprint density at radius 2 is 1.76 bits per heavy atom. The van der Waals surface area contributed by atoms with E-state index in [0.29, 0.717) is 6.42 Å². The van der Waals surface area contributed by atoms with E-state index in [1.165, 1.54) is 16.9 Å². The number of thioether (sulfide) groups is 1. The molecular weight excluding hydrogens is 288 g/mol. The Balaban J connectivity index is 0.00000122. The van der Waals surface area contributed by atoms with E-state index in [2.05, 4.69) is 33.8 Å². The molecule has 0 unspecified atom stereocenters. The molecule has 0 saturated carbocycles. The fraction of sp³-hybridized carbons (Fsp3) is 0.647. The van der Waals surface area contributed by atoms with Crippen LogP contribution >= 0.6 is 11.8 Å². The van der Waals surface area contributed by atoms with Gasteiger partial charge in [-0.2, -0.15) is 0 Å². The summed E-state index contributed by atoms with van der Waals surface area (Å²) in [6, 6.07) is 5.97. The standard InChI is InChI=1S/C14H21F2NS.C3H8/c1-3-12-11(8-9-14(15,16)10-17)6-5-7-13(12)18-4-2;1-3-2/h5-7H,3-4,8-10,17H2,1-2H3;3H2,1-2H3. The van der Waals surface area contributed by atoms with Crippen molar-refractivity contribution in [2.24, 2.45) is 5.73 Å². The third-order valence-corrected chi connectivity index (χ3v) is 3.92. The lowest BCUT2D eigenvalue weighted by atomic mass is 9.99. The molecule has 0 aliphatic rings. The van der Waals surface area contributed by atoms with E-state index in [1.54, 1.807) is 11.8 Å². The summed E-state index contributed by atoms with van der Waals surface area (Å²) in [7, 11) is 0. The molecule has 1 rings (SSSR count). The number of aryl methyl sites for hydroxylation is 1. The average molecular weight is 317 g/mol. The summed E-state index contributed by atoms with van der Waals surface area (Å²) < 4.78 is 26.4. The number of alkyl halides is 2. The number of benzene rings is 1. The van der Waals surface area contributed by atoms with Crippen molar-refractivity contribution in [3.05, 3.63) is 29.3 Å². The summed E-state index contributed by atoms with van der Waals surface area (Å²) in [5.41, 5.74) is 7.30. The average Bonchev–Trinajstić information content (AvgIpc) is 2.46. The molecule has 0 radical (unpaired) electrons. The van der Waals surface area contributed by atoms with Crippen LogP contribution in [0.5, 0.6) is 0 Å². The molecule has 1 aromatic rings. The topological polar surface area (TPSA) is 26.0 Å². The van der Waals surface area contributed by atoms with E-state index in [0.717, 1.165) is 17.7 Å². The van der Waals surface area contributed by atoms with E-state index < -0.39 is 12.5 Å². The largest absolute Gasteiger partial charge is 0.325 e. The molecule has 4 heteroatoms. The van der Waals surface area contributed by atoms with Gasteiger partial charge in [-0.1, -0.05) is 46.2 Å². The minimum Gasteiger partial charge on any atom is -0.325 e. The first-order valence-corrected chi connectivity index (χ1v) is 8.75. The quantitative estimate of drug-likeness (QED) is 0.690. The first-order chi connectivity index (χ1) is 9.95. The third kappa shape index (κ3) is 7.82. The molecule has 0 fully saturated rings. The minimum atomic E-state index is -2.75. The van der Waals surface area contributed by atoms with Crippen molar-refractivity contribution in [1.29, 1.82) is 0 Å². The van der Waals surface area contributed by atoms with Gasteiger partial charge in [0.15, 0.2) is 0 Å². The van der Waals surface area contributed by atoms with Crippen molar-refractivity contribution in [3.8, 4) is 0 Å². The molecule has 1 nitrogen and oxygen atoms in total. The lowest BCUT2D eigenvalue weighted by Crippen LogP contribution is -2.28. The molecule has 0 spiro atoms. The Kier molecular flexibility index (Phi) is 10.7. The second-order valence-electron chi connectivity index (χ2n) is 4.95. The molecule has 2 N–H and O–H groups in total. The maximum Gasteiger partial charge on any atom is 0.260 e. The molecule has 0 aliphatic heterocycles. The molecule has 0 saturated heterocycles. The van der Waals surface area contributed by atoms with Crippen LogP contribution in [0.3, 0.4) is 0 Å². The van der Waals surface area contributed by atoms with Gasteiger partial charge in [-0.05, 0) is 35.8 Å². The SMILES string of the molecule is CCC.CCSc1cccc(CCC(F)(F)CN)c1CC. The van der Waals surface area contributed by atoms with Gasteiger partial charge >= 0.3 is 0 Å². The third-order valence-electron chi connectivity index (χ3n) is 2.94. The number of hydrogen-bond donors (Lipinski definition) is 1. The Hall–Kier alpha value is -0.610. The monoisotopic (exact) mass is 317 g/mol. The number of hydrogen-bond acceptors (Lipinski definition) is 2. The predicted octanol–water partition coefficient (Wildman–Crippen LogP) is 5.30. The van der Waals surface area contributed by atoms with Crippen LogP contribution in [0.25, 0.3) is 0 Å². The van der Waals surface area contributed by atoms with Gasteiger partial charge in [0.1, 0.15) is 0 Å². The Labute approximate surface area is 132 Å². The molecule has 21 heavy (non-hydrogen) atoms. The Morgan fingerprint density at radius 1 is 1.14 bits per heavy atom. The number of nitrogens with two attached hydrogens (primary N) is 1. The van der Waals surface area contributed by atoms with Gasteiger partial charge in [0.25, 0.3) is 5.92 Å². The van der Waals surface area contributed by atoms with Gasteiger partial charge in [-0.3, -0.25) is 0 Å². The zero-order valence-corrected chi connectivity index (χ0v) is 14.5. The van der Waals surface area contributed by atoms with Crippen molar-refractivity contribution in [2.45, 2.75) is 64.2 Å². The van der Waals surface area contributed by atoms with Crippen molar-refractivity contribution < 1.29 is 8.78 Å². The molecule has 0 amide bonds. The first kappa shape index (κ1) is 20.4. The Morgan fingerprint density at radius 3 is 2.24 bits per heavy atom. The van der Waals surface area contributed by atoms with Gasteiger partial charge in [0.05, 0.1) is 6.54 Å². The van der Waals surface area contributed by atoms with Crippen molar-refractivity contribution in [1.82, 2.24) is 0 Å². The summed E-state index contributed by atoms with van der Waals surface area (Å²) >= 11 is 1.77. The van der Waals surface area contributed by atoms with Crippen molar-refractivity contribution in [3.63, 3.8) is 0 Å². The lowest BCUT2D eigenvalue weighted by Gasteiger charge is -2.16. The summed E-state index contributed by atoms with van der Waals surface area (Å²) in [5.74, 6) is -1.76. The molecule has 1 aromatic carbocycles. The van der Waals surface area contributed by atoms with E-state index in [-0.39, 0.29) is 6.42 Å². The molecule has 0 atom stereocenters. The summed E-state index contributed by atoms with van der Waals surface area (Å²) in [4.78, 5) is 1.22. The van der Waals surface area contributed by atoms with E-state index in [4.69, 9.17) is 5.73 Å². The van der Waals surface area contributed by atoms with Crippen LogP contribution in [0.15, 0.2) is 23.1 Å². The Bertz CT molecular complexity index is 394. The minimum absolute atomic E-state index is 0.170. The van der Waals surface area contributed by atoms with Crippen LogP contribution in [0.4, 0.5) is 8.78 Å². The first-order valence-electron chi connectivity index (χ1n) is 7.77. The van der Waals surface area contributed by atoms with Crippen LogP contribution in [0.1, 0.15) is 51.7 Å². The molecule has 0 aliphatic carbocycles. The van der Waals surface area contributed by atoms with Crippen LogP contribution < -0.4 is 5.73 Å². The summed E-state index contributed by atoms with van der Waals surface area (Å²) in [5, 5.41) is 0. The van der Waals surface area contributed by atoms with Crippen molar-refractivity contribution >= 4 is 11.8 Å². The summed E-state index contributed by atoms with van der Waals surface area (Å²) in [6.45, 7) is 7.84. The van der Waals surface area contributed by atoms with Crippen LogP contribution in [-0.2, 0) is 12.8 Å². The highest BCUT2D eigenvalue weighted by atomic mass is 32.2. The van der Waals surface area contributed by atoms with E-state index >= 15 is 0 Å². The van der Waals surface area contributed by atoms with Gasteiger partial charge in [0, 0.05) is 11.3 Å². The lowest BCUT2D eigenvalue weighted by molar-refractivity contribution is 0.00241. The fourth-order valence-corrected chi connectivity index (χ4v) is 2.89. The zero-order valence-electron chi connectivity index (χ0n) is 13.7. The van der Waals surface area contributed by atoms with Gasteiger partial charge < -0.3 is 5.73 Å². The molecule has 0 bridgehead atoms. The maximum absolute atomic E-state index is 13.2. The van der Waals surface area contributed by atoms with Crippen LogP contribution in [0.2, 0.25) is 0 Å². The van der Waals surface area contributed by atoms with E-state index in [9.17, 15) is 8.78 Å². The van der Waals surface area contributed by atoms with Gasteiger partial charge in [-0.15, -0.1) is 11.8 Å². The van der Waals surface area contributed by atoms with Crippen LogP contribution in [0, 0.1) is 0 Å². The zero-order chi connectivity index (χ0) is 16.3. The smallest absolute Gasteiger partial charge is 0.260 e. The molecule has 0 aromatic heterocycles. The fourth-order valence-electron chi connectivity index (χ4n) is 1.96. The second-order valence-corrected chi connectivity index (χ2v) is 6.25. The highest BCUT2D eigenvalue weighted by molar-refractivity contribution is 7.99. The molecule has 0 heterocycles. The normalized spacial score (nSPS) is 11.0. The van der Waals surface area contributed by atoms with Gasteiger partial charge in [0.2, 0.25) is 0 Å². The molecule has 122 valence electrons. The number of rotatable bonds is 7. The van der Waals surface area contributed by atoms with Crippen LogP contribution in [-0.4, -0.2) is 18.2 Å². The number of halogens is 2. The van der Waals surface area contributed by atoms with E-state index in [1.807, 2.05) is 12.1 Å². The molecular formula is C17H29F2NS. The second kappa shape index (κ2) is 11.0. The summed E-state index contributed by atoms with van der Waals surface area (Å²) in [6.07, 6.45) is 2.36. The highest BCUT2D eigenvalue weighted by Crippen LogP contribution is 2.28. The van der Waals surface area contributed by atoms with Crippen molar-refractivity contribution in [2.75, 3.05) is 12.3 Å². The maximum atomic E-state index is 13.2.